The summed E-state index contributed by atoms with van der Waals surface area (Å²) in [5.74, 6) is 1.48. The lowest BCUT2D eigenvalue weighted by Crippen LogP contribution is -2.14. The maximum absolute atomic E-state index is 12.1. The molecule has 1 atom stereocenters. The number of carbonyl (C=O) groups is 1. The molecular formula is C16H19N4O2. The van der Waals surface area contributed by atoms with Gasteiger partial charge in [0, 0.05) is 29.9 Å². The van der Waals surface area contributed by atoms with Gasteiger partial charge in [0.15, 0.2) is 5.82 Å². The van der Waals surface area contributed by atoms with Gasteiger partial charge in [0.05, 0.1) is 13.5 Å². The Morgan fingerprint density at radius 2 is 2.41 bits per heavy atom. The fraction of sp³-hybridized carbons (Fsp3) is 0.375. The fourth-order valence-electron chi connectivity index (χ4n) is 2.69. The molecule has 115 valence electrons. The lowest BCUT2D eigenvalue weighted by atomic mass is 10.0. The summed E-state index contributed by atoms with van der Waals surface area (Å²) in [6, 6.07) is 5.48. The summed E-state index contributed by atoms with van der Waals surface area (Å²) in [5.41, 5.74) is 1.94. The highest BCUT2D eigenvalue weighted by Crippen LogP contribution is 2.33. The minimum absolute atomic E-state index is 0.107. The van der Waals surface area contributed by atoms with Gasteiger partial charge in [-0.05, 0) is 37.3 Å². The fourth-order valence-corrected chi connectivity index (χ4v) is 2.69. The highest BCUT2D eigenvalue weighted by atomic mass is 16.5. The number of amides is 1. The minimum Gasteiger partial charge on any atom is -0.481 e. The Bertz CT molecular complexity index is 647. The van der Waals surface area contributed by atoms with Crippen molar-refractivity contribution in [3.8, 4) is 5.88 Å². The van der Waals surface area contributed by atoms with Crippen LogP contribution in [-0.2, 0) is 11.2 Å². The van der Waals surface area contributed by atoms with Gasteiger partial charge < -0.3 is 10.1 Å². The number of hydrogen-bond acceptors (Lipinski definition) is 4. The van der Waals surface area contributed by atoms with Gasteiger partial charge in [0.1, 0.15) is 0 Å². The number of aromatic amines is 1. The largest absolute Gasteiger partial charge is 0.481 e. The second-order valence-corrected chi connectivity index (χ2v) is 5.44. The first-order valence-electron chi connectivity index (χ1n) is 7.40. The van der Waals surface area contributed by atoms with E-state index < -0.39 is 0 Å². The van der Waals surface area contributed by atoms with Crippen molar-refractivity contribution in [3.63, 3.8) is 0 Å². The van der Waals surface area contributed by atoms with Crippen LogP contribution in [0, 0.1) is 6.42 Å². The molecule has 1 radical (unpaired) electrons. The normalized spacial score (nSPS) is 15.0. The summed E-state index contributed by atoms with van der Waals surface area (Å²) >= 11 is 0. The van der Waals surface area contributed by atoms with Crippen LogP contribution in [0.4, 0.5) is 5.82 Å². The topological polar surface area (TPSA) is 79.9 Å². The van der Waals surface area contributed by atoms with Crippen LogP contribution in [0.25, 0.3) is 0 Å². The summed E-state index contributed by atoms with van der Waals surface area (Å²) in [5, 5.41) is 10.0. The Balaban J connectivity index is 1.59. The lowest BCUT2D eigenvalue weighted by Gasteiger charge is -2.04. The number of nitrogens with one attached hydrogen (secondary N) is 2. The standard InChI is InChI=1S/C16H19N4O2/c1-22-16-9-11(6-7-17-16)8-15(21)18-14-10-13(19-20-14)12-4-2-3-5-12/h2,6-7,9-10,12H,3-5,8H2,1H3,(H2,18,19,20,21)/t12-/m1/s1. The molecule has 0 aromatic carbocycles. The second-order valence-electron chi connectivity index (χ2n) is 5.44. The van der Waals surface area contributed by atoms with Crippen molar-refractivity contribution in [3.05, 3.63) is 42.1 Å². The molecular weight excluding hydrogens is 280 g/mol. The van der Waals surface area contributed by atoms with Gasteiger partial charge in [0.2, 0.25) is 11.8 Å². The molecule has 0 spiro atoms. The maximum Gasteiger partial charge on any atom is 0.229 e. The number of carbonyl (C=O) groups excluding carboxylic acids is 1. The zero-order valence-electron chi connectivity index (χ0n) is 12.5. The molecule has 2 N–H and O–H groups in total. The molecule has 3 rings (SSSR count). The molecule has 0 aliphatic heterocycles. The van der Waals surface area contributed by atoms with Gasteiger partial charge in [0.25, 0.3) is 0 Å². The first-order chi connectivity index (χ1) is 10.7. The van der Waals surface area contributed by atoms with Crippen molar-refractivity contribution in [1.82, 2.24) is 15.2 Å². The van der Waals surface area contributed by atoms with Crippen LogP contribution in [0.1, 0.15) is 36.4 Å². The lowest BCUT2D eigenvalue weighted by molar-refractivity contribution is -0.115. The number of hydrogen-bond donors (Lipinski definition) is 2. The van der Waals surface area contributed by atoms with Gasteiger partial charge >= 0.3 is 0 Å². The molecule has 6 heteroatoms. The molecule has 0 saturated heterocycles. The van der Waals surface area contributed by atoms with Gasteiger partial charge in [-0.25, -0.2) is 4.98 Å². The third-order valence-electron chi connectivity index (χ3n) is 3.85. The van der Waals surface area contributed by atoms with Gasteiger partial charge in [-0.3, -0.25) is 9.89 Å². The van der Waals surface area contributed by atoms with Gasteiger partial charge in [-0.1, -0.05) is 0 Å². The third kappa shape index (κ3) is 3.44. The molecule has 22 heavy (non-hydrogen) atoms. The SMILES string of the molecule is COc1cc(CC(=O)Nc2cc([C@@H]3C[CH]CC3)[nH]n2)ccn1. The number of pyridine rings is 1. The Labute approximate surface area is 129 Å². The Kier molecular flexibility index (Phi) is 4.37. The van der Waals surface area contributed by atoms with Gasteiger partial charge in [-0.2, -0.15) is 5.10 Å². The smallest absolute Gasteiger partial charge is 0.229 e. The van der Waals surface area contributed by atoms with E-state index in [9.17, 15) is 4.79 Å². The number of rotatable bonds is 5. The monoisotopic (exact) mass is 299 g/mol. The molecule has 1 amide bonds. The molecule has 2 aromatic rings. The van der Waals surface area contributed by atoms with Crippen molar-refractivity contribution in [2.45, 2.75) is 31.6 Å². The minimum atomic E-state index is -0.107. The van der Waals surface area contributed by atoms with Crippen LogP contribution in [0.3, 0.4) is 0 Å². The third-order valence-corrected chi connectivity index (χ3v) is 3.85. The number of ether oxygens (including phenoxy) is 1. The molecule has 1 aliphatic rings. The first kappa shape index (κ1) is 14.6. The average molecular weight is 299 g/mol. The Hall–Kier alpha value is -2.37. The van der Waals surface area contributed by atoms with Gasteiger partial charge in [-0.15, -0.1) is 0 Å². The van der Waals surface area contributed by atoms with E-state index >= 15 is 0 Å². The molecule has 0 unspecified atom stereocenters. The van der Waals surface area contributed by atoms with Crippen LogP contribution >= 0.6 is 0 Å². The second kappa shape index (κ2) is 6.60. The summed E-state index contributed by atoms with van der Waals surface area (Å²) in [6.07, 6.45) is 7.55. The molecule has 0 bridgehead atoms. The summed E-state index contributed by atoms with van der Waals surface area (Å²) in [6.45, 7) is 0. The predicted octanol–water partition coefficient (Wildman–Crippen LogP) is 2.47. The zero-order valence-corrected chi connectivity index (χ0v) is 12.5. The van der Waals surface area contributed by atoms with E-state index in [1.807, 2.05) is 6.07 Å². The molecule has 1 saturated carbocycles. The number of H-pyrrole nitrogens is 1. The van der Waals surface area contributed by atoms with Crippen LogP contribution in [-0.4, -0.2) is 28.2 Å². The number of aromatic nitrogens is 3. The number of methoxy groups -OCH3 is 1. The summed E-state index contributed by atoms with van der Waals surface area (Å²) in [4.78, 5) is 16.1. The van der Waals surface area contributed by atoms with Crippen LogP contribution < -0.4 is 10.1 Å². The molecule has 1 aliphatic carbocycles. The van der Waals surface area contributed by atoms with E-state index in [0.29, 0.717) is 17.6 Å². The van der Waals surface area contributed by atoms with Crippen LogP contribution in [0.2, 0.25) is 0 Å². The highest BCUT2D eigenvalue weighted by molar-refractivity contribution is 5.91. The van der Waals surface area contributed by atoms with E-state index in [4.69, 9.17) is 4.74 Å². The van der Waals surface area contributed by atoms with Crippen molar-refractivity contribution in [2.24, 2.45) is 0 Å². The van der Waals surface area contributed by atoms with E-state index in [1.165, 1.54) is 0 Å². The van der Waals surface area contributed by atoms with Crippen molar-refractivity contribution in [2.75, 3.05) is 12.4 Å². The zero-order chi connectivity index (χ0) is 15.4. The maximum atomic E-state index is 12.1. The van der Waals surface area contributed by atoms with Crippen molar-refractivity contribution in [1.29, 1.82) is 0 Å². The first-order valence-corrected chi connectivity index (χ1v) is 7.40. The quantitative estimate of drug-likeness (QED) is 0.889. The Morgan fingerprint density at radius 1 is 1.50 bits per heavy atom. The van der Waals surface area contributed by atoms with E-state index in [0.717, 1.165) is 30.5 Å². The Morgan fingerprint density at radius 3 is 3.18 bits per heavy atom. The molecule has 1 fully saturated rings. The van der Waals surface area contributed by atoms with E-state index in [2.05, 4.69) is 26.9 Å². The number of nitrogens with zero attached hydrogens (tertiary/aromatic N) is 2. The van der Waals surface area contributed by atoms with E-state index in [1.54, 1.807) is 25.4 Å². The highest BCUT2D eigenvalue weighted by Gasteiger charge is 2.19. The van der Waals surface area contributed by atoms with Crippen LogP contribution in [0.15, 0.2) is 24.4 Å². The summed E-state index contributed by atoms with van der Waals surface area (Å²) < 4.78 is 5.05. The van der Waals surface area contributed by atoms with Crippen molar-refractivity contribution >= 4 is 11.7 Å². The molecule has 2 aromatic heterocycles. The summed E-state index contributed by atoms with van der Waals surface area (Å²) in [7, 11) is 1.55. The predicted molar refractivity (Wildman–Crippen MR) is 82.6 cm³/mol. The van der Waals surface area contributed by atoms with Crippen molar-refractivity contribution < 1.29 is 9.53 Å². The number of anilines is 1. The van der Waals surface area contributed by atoms with Crippen LogP contribution in [0.5, 0.6) is 5.88 Å². The molecule has 6 nitrogen and oxygen atoms in total. The average Bonchev–Trinajstić information content (AvgIpc) is 3.18. The van der Waals surface area contributed by atoms with E-state index in [-0.39, 0.29) is 12.3 Å². The molecule has 2 heterocycles.